The number of esters is 1. The third kappa shape index (κ3) is 5.37. The summed E-state index contributed by atoms with van der Waals surface area (Å²) in [5, 5.41) is 6.39. The Morgan fingerprint density at radius 2 is 1.83 bits per heavy atom. The molecule has 0 bridgehead atoms. The molecule has 156 valence electrons. The van der Waals surface area contributed by atoms with Crippen molar-refractivity contribution in [3.05, 3.63) is 70.9 Å². The van der Waals surface area contributed by atoms with E-state index in [4.69, 9.17) is 20.9 Å². The molecule has 1 amide bonds. The quantitative estimate of drug-likeness (QED) is 0.530. The summed E-state index contributed by atoms with van der Waals surface area (Å²) in [5.41, 5.74) is -0.0508. The normalized spacial score (nSPS) is 11.0. The SMILES string of the molecule is Cc1cc(NC(=O)COC(=O)c2ccccc2NS(=O)(=O)c2ccc(Cl)cc2)no1. The average molecular weight is 450 g/mol. The van der Waals surface area contributed by atoms with Gasteiger partial charge in [0.15, 0.2) is 12.4 Å². The first-order valence-electron chi connectivity index (χ1n) is 8.52. The Morgan fingerprint density at radius 3 is 2.50 bits per heavy atom. The summed E-state index contributed by atoms with van der Waals surface area (Å²) in [6, 6.07) is 12.9. The maximum Gasteiger partial charge on any atom is 0.340 e. The van der Waals surface area contributed by atoms with E-state index in [0.29, 0.717) is 10.8 Å². The summed E-state index contributed by atoms with van der Waals surface area (Å²) in [4.78, 5) is 24.3. The third-order valence-electron chi connectivity index (χ3n) is 3.75. The van der Waals surface area contributed by atoms with Crippen LogP contribution in [0.15, 0.2) is 64.0 Å². The number of halogens is 1. The number of nitrogens with zero attached hydrogens (tertiary/aromatic N) is 1. The molecule has 9 nitrogen and oxygen atoms in total. The Hall–Kier alpha value is -3.37. The van der Waals surface area contributed by atoms with Gasteiger partial charge in [0.05, 0.1) is 16.1 Å². The first-order valence-corrected chi connectivity index (χ1v) is 10.4. The number of carbonyl (C=O) groups is 2. The minimum Gasteiger partial charge on any atom is -0.452 e. The third-order valence-corrected chi connectivity index (χ3v) is 5.38. The number of sulfonamides is 1. The summed E-state index contributed by atoms with van der Waals surface area (Å²) >= 11 is 5.78. The zero-order valence-electron chi connectivity index (χ0n) is 15.6. The zero-order valence-corrected chi connectivity index (χ0v) is 17.2. The smallest absolute Gasteiger partial charge is 0.340 e. The molecule has 1 heterocycles. The number of para-hydroxylation sites is 1. The highest BCUT2D eigenvalue weighted by atomic mass is 35.5. The van der Waals surface area contributed by atoms with Gasteiger partial charge in [-0.1, -0.05) is 28.9 Å². The van der Waals surface area contributed by atoms with Crippen LogP contribution in [0.3, 0.4) is 0 Å². The van der Waals surface area contributed by atoms with Crippen LogP contribution in [0, 0.1) is 6.92 Å². The van der Waals surface area contributed by atoms with Gasteiger partial charge < -0.3 is 14.6 Å². The van der Waals surface area contributed by atoms with E-state index in [1.807, 2.05) is 0 Å². The molecule has 0 saturated heterocycles. The molecule has 0 radical (unpaired) electrons. The molecule has 11 heteroatoms. The molecule has 0 spiro atoms. The first kappa shape index (κ1) is 21.3. The first-order chi connectivity index (χ1) is 14.2. The van der Waals surface area contributed by atoms with Crippen molar-refractivity contribution in [3.8, 4) is 0 Å². The highest BCUT2D eigenvalue weighted by Gasteiger charge is 2.20. The van der Waals surface area contributed by atoms with Crippen LogP contribution in [0.4, 0.5) is 11.5 Å². The average Bonchev–Trinajstić information content (AvgIpc) is 3.11. The number of carbonyl (C=O) groups excluding carboxylic acids is 2. The molecule has 0 unspecified atom stereocenters. The van der Waals surface area contributed by atoms with Gasteiger partial charge in [-0.15, -0.1) is 0 Å². The summed E-state index contributed by atoms with van der Waals surface area (Å²) in [5.74, 6) is -0.819. The molecule has 3 aromatic rings. The second-order valence-electron chi connectivity index (χ2n) is 6.05. The monoisotopic (exact) mass is 449 g/mol. The number of hydrogen-bond donors (Lipinski definition) is 2. The van der Waals surface area contributed by atoms with Crippen LogP contribution in [-0.2, 0) is 19.6 Å². The molecular formula is C19H16ClN3O6S. The van der Waals surface area contributed by atoms with Crippen molar-refractivity contribution < 1.29 is 27.3 Å². The number of rotatable bonds is 7. The van der Waals surface area contributed by atoms with Crippen LogP contribution in [-0.4, -0.2) is 32.1 Å². The van der Waals surface area contributed by atoms with Crippen LogP contribution in [0.1, 0.15) is 16.1 Å². The van der Waals surface area contributed by atoms with Crippen molar-refractivity contribution in [2.75, 3.05) is 16.6 Å². The summed E-state index contributed by atoms with van der Waals surface area (Å²) < 4.78 is 37.3. The van der Waals surface area contributed by atoms with Gasteiger partial charge in [-0.2, -0.15) is 0 Å². The highest BCUT2D eigenvalue weighted by Crippen LogP contribution is 2.22. The minimum absolute atomic E-state index is 0.00462. The lowest BCUT2D eigenvalue weighted by Gasteiger charge is -2.12. The molecular weight excluding hydrogens is 434 g/mol. The number of hydrogen-bond acceptors (Lipinski definition) is 7. The molecule has 0 atom stereocenters. The van der Waals surface area contributed by atoms with Crippen molar-refractivity contribution in [3.63, 3.8) is 0 Å². The molecule has 0 fully saturated rings. The van der Waals surface area contributed by atoms with Gasteiger partial charge in [-0.25, -0.2) is 13.2 Å². The number of nitrogens with one attached hydrogen (secondary N) is 2. The maximum absolute atomic E-state index is 12.6. The van der Waals surface area contributed by atoms with Crippen molar-refractivity contribution in [2.45, 2.75) is 11.8 Å². The lowest BCUT2D eigenvalue weighted by Crippen LogP contribution is -2.22. The molecule has 0 aliphatic carbocycles. The van der Waals surface area contributed by atoms with Crippen LogP contribution < -0.4 is 10.0 Å². The lowest BCUT2D eigenvalue weighted by molar-refractivity contribution is -0.119. The lowest BCUT2D eigenvalue weighted by atomic mass is 10.2. The van der Waals surface area contributed by atoms with Crippen molar-refractivity contribution in [1.82, 2.24) is 5.16 Å². The van der Waals surface area contributed by atoms with E-state index in [9.17, 15) is 18.0 Å². The summed E-state index contributed by atoms with van der Waals surface area (Å²) in [6.45, 7) is 1.06. The number of anilines is 2. The second-order valence-corrected chi connectivity index (χ2v) is 8.17. The standard InChI is InChI=1S/C19H16ClN3O6S/c1-12-10-17(22-29-12)21-18(24)11-28-19(25)15-4-2-3-5-16(15)23-30(26,27)14-8-6-13(20)7-9-14/h2-10,23H,11H2,1H3,(H,21,22,24). The highest BCUT2D eigenvalue weighted by molar-refractivity contribution is 7.92. The molecule has 1 aromatic heterocycles. The molecule has 2 aromatic carbocycles. The van der Waals surface area contributed by atoms with E-state index in [0.717, 1.165) is 0 Å². The van der Waals surface area contributed by atoms with Crippen LogP contribution in [0.5, 0.6) is 0 Å². The topological polar surface area (TPSA) is 128 Å². The molecule has 0 saturated carbocycles. The summed E-state index contributed by atoms with van der Waals surface area (Å²) in [6.07, 6.45) is 0. The van der Waals surface area contributed by atoms with Gasteiger partial charge in [-0.05, 0) is 43.3 Å². The van der Waals surface area contributed by atoms with Gasteiger partial charge in [0.1, 0.15) is 5.76 Å². The fourth-order valence-electron chi connectivity index (χ4n) is 2.38. The van der Waals surface area contributed by atoms with Gasteiger partial charge >= 0.3 is 5.97 Å². The largest absolute Gasteiger partial charge is 0.452 e. The summed E-state index contributed by atoms with van der Waals surface area (Å²) in [7, 11) is -3.97. The van der Waals surface area contributed by atoms with E-state index in [1.54, 1.807) is 13.0 Å². The minimum atomic E-state index is -3.97. The van der Waals surface area contributed by atoms with Crippen molar-refractivity contribution in [1.29, 1.82) is 0 Å². The molecule has 0 aliphatic heterocycles. The number of aromatic nitrogens is 1. The predicted octanol–water partition coefficient (Wildman–Crippen LogP) is 3.23. The number of amides is 1. The number of aryl methyl sites for hydroxylation is 1. The van der Waals surface area contributed by atoms with Gasteiger partial charge in [0.25, 0.3) is 15.9 Å². The van der Waals surface area contributed by atoms with E-state index >= 15 is 0 Å². The molecule has 30 heavy (non-hydrogen) atoms. The van der Waals surface area contributed by atoms with Crippen LogP contribution in [0.25, 0.3) is 0 Å². The van der Waals surface area contributed by atoms with Crippen LogP contribution in [0.2, 0.25) is 5.02 Å². The maximum atomic E-state index is 12.6. The van der Waals surface area contributed by atoms with E-state index in [2.05, 4.69) is 15.2 Å². The van der Waals surface area contributed by atoms with Crippen molar-refractivity contribution in [2.24, 2.45) is 0 Å². The fraction of sp³-hybridized carbons (Fsp3) is 0.105. The van der Waals surface area contributed by atoms with Gasteiger partial charge in [0.2, 0.25) is 0 Å². The van der Waals surface area contributed by atoms with Gasteiger partial charge in [0, 0.05) is 11.1 Å². The zero-order chi connectivity index (χ0) is 21.7. The second kappa shape index (κ2) is 8.97. The molecule has 2 N–H and O–H groups in total. The van der Waals surface area contributed by atoms with E-state index in [-0.39, 0.29) is 22.0 Å². The van der Waals surface area contributed by atoms with Gasteiger partial charge in [-0.3, -0.25) is 9.52 Å². The number of ether oxygens (including phenoxy) is 1. The Balaban J connectivity index is 1.68. The Morgan fingerprint density at radius 1 is 1.13 bits per heavy atom. The Kier molecular flexibility index (Phi) is 6.38. The Bertz CT molecular complexity index is 1170. The van der Waals surface area contributed by atoms with Crippen LogP contribution >= 0.6 is 11.6 Å². The molecule has 0 aliphatic rings. The Labute approximate surface area is 177 Å². The van der Waals surface area contributed by atoms with Crippen molar-refractivity contribution >= 4 is 45.0 Å². The van der Waals surface area contributed by atoms with E-state index < -0.39 is 28.5 Å². The van der Waals surface area contributed by atoms with E-state index in [1.165, 1.54) is 48.5 Å². The fourth-order valence-corrected chi connectivity index (χ4v) is 3.59. The predicted molar refractivity (Wildman–Crippen MR) is 109 cm³/mol. The molecule has 3 rings (SSSR count). The number of benzene rings is 2.